The molecule has 3 aromatic rings. The van der Waals surface area contributed by atoms with E-state index in [0.717, 1.165) is 42.8 Å². The van der Waals surface area contributed by atoms with Gasteiger partial charge in [-0.25, -0.2) is 13.4 Å². The highest BCUT2D eigenvalue weighted by atomic mass is 32.2. The summed E-state index contributed by atoms with van der Waals surface area (Å²) in [6, 6.07) is 12.4. The molecule has 2 aromatic carbocycles. The van der Waals surface area contributed by atoms with E-state index < -0.39 is 9.84 Å². The van der Waals surface area contributed by atoms with E-state index in [0.29, 0.717) is 24.7 Å². The average molecular weight is 428 g/mol. The Labute approximate surface area is 175 Å². The molecule has 3 heterocycles. The van der Waals surface area contributed by atoms with Crippen LogP contribution in [0.15, 0.2) is 58.5 Å². The van der Waals surface area contributed by atoms with Crippen molar-refractivity contribution < 1.29 is 27.8 Å². The van der Waals surface area contributed by atoms with Crippen LogP contribution in [0, 0.1) is 0 Å². The highest BCUT2D eigenvalue weighted by Crippen LogP contribution is 2.40. The SMILES string of the molecule is C[NH+]1CCN(c2c(S(=O)(=O)c3ccccc3)c[nH+]c3cc4c(cc23)OCCO4)CC1. The Bertz CT molecular complexity index is 1190. The fourth-order valence-corrected chi connectivity index (χ4v) is 5.60. The molecular weight excluding hydrogens is 402 g/mol. The predicted octanol–water partition coefficient (Wildman–Crippen LogP) is 0.593. The molecule has 0 unspecified atom stereocenters. The van der Waals surface area contributed by atoms with Crippen LogP contribution in [0.2, 0.25) is 0 Å². The summed E-state index contributed by atoms with van der Waals surface area (Å²) in [6.07, 6.45) is 1.61. The zero-order valence-electron chi connectivity index (χ0n) is 16.8. The van der Waals surface area contributed by atoms with Crippen molar-refractivity contribution in [2.75, 3.05) is 51.3 Å². The van der Waals surface area contributed by atoms with Crippen LogP contribution in [0.25, 0.3) is 10.9 Å². The number of nitrogens with zero attached hydrogens (tertiary/aromatic N) is 1. The molecule has 7 nitrogen and oxygen atoms in total. The number of aromatic nitrogens is 1. The molecule has 0 amide bonds. The highest BCUT2D eigenvalue weighted by Gasteiger charge is 2.32. The van der Waals surface area contributed by atoms with E-state index in [1.807, 2.05) is 18.2 Å². The zero-order chi connectivity index (χ0) is 20.7. The summed E-state index contributed by atoms with van der Waals surface area (Å²) in [5.74, 6) is 1.33. The lowest BCUT2D eigenvalue weighted by Gasteiger charge is -2.33. The van der Waals surface area contributed by atoms with Crippen LogP contribution in [0.4, 0.5) is 5.69 Å². The summed E-state index contributed by atoms with van der Waals surface area (Å²) in [6.45, 7) is 4.48. The van der Waals surface area contributed by atoms with E-state index in [1.54, 1.807) is 30.5 Å². The first-order valence-corrected chi connectivity index (χ1v) is 11.7. The highest BCUT2D eigenvalue weighted by molar-refractivity contribution is 7.91. The first-order chi connectivity index (χ1) is 14.5. The van der Waals surface area contributed by atoms with Crippen LogP contribution in [0.3, 0.4) is 0 Å². The first kappa shape index (κ1) is 19.1. The Morgan fingerprint density at radius 3 is 2.37 bits per heavy atom. The summed E-state index contributed by atoms with van der Waals surface area (Å²) < 4.78 is 38.7. The second-order valence-electron chi connectivity index (χ2n) is 7.80. The molecular formula is C22H25N3O4S+2. The van der Waals surface area contributed by atoms with Crippen molar-refractivity contribution in [2.24, 2.45) is 0 Å². The van der Waals surface area contributed by atoms with E-state index in [1.165, 1.54) is 4.90 Å². The molecule has 30 heavy (non-hydrogen) atoms. The van der Waals surface area contributed by atoms with Crippen LogP contribution in [0.1, 0.15) is 0 Å². The Balaban J connectivity index is 1.75. The molecule has 0 aliphatic carbocycles. The van der Waals surface area contributed by atoms with Crippen molar-refractivity contribution in [2.45, 2.75) is 9.79 Å². The summed E-state index contributed by atoms with van der Waals surface area (Å²) in [4.78, 5) is 7.40. The predicted molar refractivity (Wildman–Crippen MR) is 112 cm³/mol. The molecule has 0 spiro atoms. The molecule has 5 rings (SSSR count). The molecule has 156 valence electrons. The van der Waals surface area contributed by atoms with Crippen LogP contribution in [0.5, 0.6) is 11.5 Å². The lowest BCUT2D eigenvalue weighted by molar-refractivity contribution is -0.880. The number of hydrogen-bond donors (Lipinski definition) is 1. The standard InChI is InChI=1S/C22H23N3O4S/c1-24-7-9-25(10-8-24)22-17-13-19-20(29-12-11-28-19)14-18(17)23-15-21(22)30(26,27)16-5-3-2-4-6-16/h2-6,13-15H,7-12H2,1H3/p+2. The lowest BCUT2D eigenvalue weighted by Crippen LogP contribution is -3.12. The number of quaternary nitrogens is 1. The van der Waals surface area contributed by atoms with Gasteiger partial charge < -0.3 is 19.3 Å². The number of rotatable bonds is 3. The quantitative estimate of drug-likeness (QED) is 0.663. The maximum atomic E-state index is 13.6. The molecule has 2 aliphatic heterocycles. The Hall–Kier alpha value is -2.84. The van der Waals surface area contributed by atoms with Crippen molar-refractivity contribution in [1.82, 2.24) is 0 Å². The van der Waals surface area contributed by atoms with E-state index in [9.17, 15) is 8.42 Å². The monoisotopic (exact) mass is 427 g/mol. The van der Waals surface area contributed by atoms with Crippen molar-refractivity contribution in [3.8, 4) is 11.5 Å². The molecule has 0 bridgehead atoms. The fourth-order valence-electron chi connectivity index (χ4n) is 4.12. The molecule has 1 saturated heterocycles. The number of H-pyrrole nitrogens is 1. The number of hydrogen-bond acceptors (Lipinski definition) is 5. The number of aromatic amines is 1. The summed E-state index contributed by atoms with van der Waals surface area (Å²) in [7, 11) is -1.53. The van der Waals surface area contributed by atoms with E-state index in [-0.39, 0.29) is 9.79 Å². The second kappa shape index (κ2) is 7.45. The number of ether oxygens (including phenoxy) is 2. The topological polar surface area (TPSA) is 74.4 Å². The summed E-state index contributed by atoms with van der Waals surface area (Å²) in [5.41, 5.74) is 1.56. The fraction of sp³-hybridized carbons (Fsp3) is 0.318. The second-order valence-corrected chi connectivity index (χ2v) is 9.72. The third-order valence-corrected chi connectivity index (χ3v) is 7.59. The molecule has 8 heteroatoms. The largest absolute Gasteiger partial charge is 0.486 e. The number of fused-ring (bicyclic) bond motifs is 2. The van der Waals surface area contributed by atoms with Crippen molar-refractivity contribution >= 4 is 26.4 Å². The molecule has 0 saturated carbocycles. The van der Waals surface area contributed by atoms with Gasteiger partial charge in [-0.1, -0.05) is 18.2 Å². The van der Waals surface area contributed by atoms with E-state index in [4.69, 9.17) is 9.47 Å². The minimum Gasteiger partial charge on any atom is -0.486 e. The van der Waals surface area contributed by atoms with Gasteiger partial charge in [0.25, 0.3) is 0 Å². The van der Waals surface area contributed by atoms with Gasteiger partial charge in [-0.2, -0.15) is 0 Å². The van der Waals surface area contributed by atoms with Crippen LogP contribution in [-0.2, 0) is 9.84 Å². The van der Waals surface area contributed by atoms with E-state index in [2.05, 4.69) is 16.9 Å². The Morgan fingerprint density at radius 1 is 1.00 bits per heavy atom. The number of nitrogens with one attached hydrogen (secondary N) is 2. The molecule has 0 atom stereocenters. The number of anilines is 1. The van der Waals surface area contributed by atoms with Gasteiger partial charge in [-0.3, -0.25) is 0 Å². The van der Waals surface area contributed by atoms with Crippen LogP contribution < -0.4 is 24.3 Å². The maximum absolute atomic E-state index is 13.6. The molecule has 2 N–H and O–H groups in total. The van der Waals surface area contributed by atoms with Gasteiger partial charge in [-0.05, 0) is 12.1 Å². The normalized spacial score (nSPS) is 17.3. The third-order valence-electron chi connectivity index (χ3n) is 5.81. The molecule has 2 aliphatic rings. The number of likely N-dealkylation sites (N-methyl/N-ethyl adjacent to an activating group) is 1. The van der Waals surface area contributed by atoms with Gasteiger partial charge in [0.15, 0.2) is 22.6 Å². The lowest BCUT2D eigenvalue weighted by atomic mass is 10.1. The van der Waals surface area contributed by atoms with Crippen molar-refractivity contribution in [3.63, 3.8) is 0 Å². The van der Waals surface area contributed by atoms with Crippen LogP contribution >= 0.6 is 0 Å². The van der Waals surface area contributed by atoms with Gasteiger partial charge in [0.1, 0.15) is 13.2 Å². The summed E-state index contributed by atoms with van der Waals surface area (Å²) >= 11 is 0. The van der Waals surface area contributed by atoms with E-state index >= 15 is 0 Å². The smallest absolute Gasteiger partial charge is 0.217 e. The van der Waals surface area contributed by atoms with Crippen LogP contribution in [-0.4, -0.2) is 54.9 Å². The number of pyridine rings is 1. The number of sulfone groups is 1. The van der Waals surface area contributed by atoms with Gasteiger partial charge in [0, 0.05) is 6.07 Å². The molecule has 0 radical (unpaired) electrons. The zero-order valence-corrected chi connectivity index (χ0v) is 17.7. The number of benzene rings is 2. The minimum absolute atomic E-state index is 0.288. The van der Waals surface area contributed by atoms with Gasteiger partial charge in [0.05, 0.1) is 55.3 Å². The maximum Gasteiger partial charge on any atom is 0.217 e. The van der Waals surface area contributed by atoms with Crippen molar-refractivity contribution in [3.05, 3.63) is 48.7 Å². The molecule has 1 aromatic heterocycles. The molecule has 1 fully saturated rings. The van der Waals surface area contributed by atoms with Crippen molar-refractivity contribution in [1.29, 1.82) is 0 Å². The first-order valence-electron chi connectivity index (χ1n) is 10.2. The van der Waals surface area contributed by atoms with Gasteiger partial charge in [0.2, 0.25) is 15.4 Å². The summed E-state index contributed by atoms with van der Waals surface area (Å²) in [5, 5.41) is 0.829. The average Bonchev–Trinajstić information content (AvgIpc) is 2.78. The van der Waals surface area contributed by atoms with Gasteiger partial charge >= 0.3 is 0 Å². The third kappa shape index (κ3) is 3.26. The Morgan fingerprint density at radius 2 is 1.67 bits per heavy atom. The number of piperazine rings is 1. The van der Waals surface area contributed by atoms with Gasteiger partial charge in [-0.15, -0.1) is 0 Å². The Kier molecular flexibility index (Phi) is 4.75. The minimum atomic E-state index is -3.70.